The van der Waals surface area contributed by atoms with Crippen molar-refractivity contribution in [3.05, 3.63) is 77.4 Å². The molecule has 3 aromatic rings. The van der Waals surface area contributed by atoms with Crippen molar-refractivity contribution >= 4 is 23.5 Å². The number of aryl methyl sites for hydroxylation is 1. The lowest BCUT2D eigenvalue weighted by atomic mass is 10.1. The maximum atomic E-state index is 13.3. The van der Waals surface area contributed by atoms with Gasteiger partial charge in [0.1, 0.15) is 0 Å². The third-order valence-corrected chi connectivity index (χ3v) is 5.81. The molecule has 2 amide bonds. The van der Waals surface area contributed by atoms with Gasteiger partial charge in [0.15, 0.2) is 5.82 Å². The summed E-state index contributed by atoms with van der Waals surface area (Å²) in [4.78, 5) is 28.2. The number of nitrogens with zero attached hydrogens (tertiary/aromatic N) is 4. The van der Waals surface area contributed by atoms with Crippen LogP contribution in [0.5, 0.6) is 5.88 Å². The number of benzene rings is 2. The highest BCUT2D eigenvalue weighted by Gasteiger charge is 2.36. The predicted octanol–water partition coefficient (Wildman–Crippen LogP) is 4.63. The number of alkyl halides is 3. The molecule has 1 aromatic heterocycles. The van der Waals surface area contributed by atoms with Gasteiger partial charge in [0.2, 0.25) is 5.88 Å². The normalized spacial score (nSPS) is 13.9. The largest absolute Gasteiger partial charge is 0.418 e. The van der Waals surface area contributed by atoms with Gasteiger partial charge in [-0.3, -0.25) is 10.1 Å². The van der Waals surface area contributed by atoms with Crippen LogP contribution >= 0.6 is 0 Å². The molecule has 1 aliphatic rings. The summed E-state index contributed by atoms with van der Waals surface area (Å²) in [5.41, 5.74) is 0.316. The van der Waals surface area contributed by atoms with Gasteiger partial charge in [0.25, 0.3) is 5.91 Å². The lowest BCUT2D eigenvalue weighted by Crippen LogP contribution is -2.49. The Morgan fingerprint density at radius 3 is 2.31 bits per heavy atom. The molecule has 1 fully saturated rings. The first-order valence-corrected chi connectivity index (χ1v) is 11.4. The molecule has 1 aliphatic heterocycles. The average Bonchev–Trinajstić information content (AvgIpc) is 2.88. The number of piperazine rings is 1. The molecule has 0 radical (unpaired) electrons. The zero-order chi connectivity index (χ0) is 25.7. The average molecular weight is 499 g/mol. The SMILES string of the molecule is CCc1ccccc1NC(=O)Oc1ccc(N2CCN(C(=O)c3ccccc3C(F)(F)F)CC2)nn1. The van der Waals surface area contributed by atoms with Crippen LogP contribution in [0.2, 0.25) is 0 Å². The highest BCUT2D eigenvalue weighted by atomic mass is 19.4. The lowest BCUT2D eigenvalue weighted by Gasteiger charge is -2.35. The fourth-order valence-corrected chi connectivity index (χ4v) is 3.94. The van der Waals surface area contributed by atoms with E-state index in [-0.39, 0.29) is 24.5 Å². The van der Waals surface area contributed by atoms with Gasteiger partial charge in [-0.25, -0.2) is 4.79 Å². The summed E-state index contributed by atoms with van der Waals surface area (Å²) < 4.78 is 45.1. The van der Waals surface area contributed by atoms with Crippen LogP contribution in [0.25, 0.3) is 0 Å². The number of para-hydroxylation sites is 1. The molecule has 0 saturated carbocycles. The predicted molar refractivity (Wildman–Crippen MR) is 127 cm³/mol. The number of amides is 2. The zero-order valence-electron chi connectivity index (χ0n) is 19.5. The Hall–Kier alpha value is -4.15. The Bertz CT molecular complexity index is 1230. The molecule has 0 unspecified atom stereocenters. The first kappa shape index (κ1) is 25.0. The van der Waals surface area contributed by atoms with Crippen molar-refractivity contribution in [1.29, 1.82) is 0 Å². The maximum absolute atomic E-state index is 13.3. The van der Waals surface area contributed by atoms with Gasteiger partial charge in [-0.1, -0.05) is 37.3 Å². The molecule has 0 atom stereocenters. The minimum Gasteiger partial charge on any atom is -0.389 e. The quantitative estimate of drug-likeness (QED) is 0.551. The molecule has 2 heterocycles. The van der Waals surface area contributed by atoms with E-state index in [1.54, 1.807) is 12.1 Å². The molecule has 188 valence electrons. The van der Waals surface area contributed by atoms with E-state index in [4.69, 9.17) is 4.74 Å². The molecule has 0 spiro atoms. The van der Waals surface area contributed by atoms with Crippen molar-refractivity contribution in [2.75, 3.05) is 36.4 Å². The number of hydrogen-bond donors (Lipinski definition) is 1. The number of aromatic nitrogens is 2. The van der Waals surface area contributed by atoms with E-state index in [0.29, 0.717) is 24.6 Å². The van der Waals surface area contributed by atoms with Crippen LogP contribution in [0.3, 0.4) is 0 Å². The summed E-state index contributed by atoms with van der Waals surface area (Å²) in [5, 5.41) is 10.7. The minimum atomic E-state index is -4.61. The van der Waals surface area contributed by atoms with E-state index in [9.17, 15) is 22.8 Å². The molecule has 1 saturated heterocycles. The summed E-state index contributed by atoms with van der Waals surface area (Å²) in [5.74, 6) is -0.141. The van der Waals surface area contributed by atoms with Gasteiger partial charge >= 0.3 is 12.3 Å². The smallest absolute Gasteiger partial charge is 0.389 e. The second-order valence-corrected chi connectivity index (χ2v) is 8.08. The van der Waals surface area contributed by atoms with E-state index >= 15 is 0 Å². The third-order valence-electron chi connectivity index (χ3n) is 5.81. The van der Waals surface area contributed by atoms with Crippen molar-refractivity contribution in [3.63, 3.8) is 0 Å². The highest BCUT2D eigenvalue weighted by molar-refractivity contribution is 5.96. The van der Waals surface area contributed by atoms with Crippen molar-refractivity contribution in [2.45, 2.75) is 19.5 Å². The highest BCUT2D eigenvalue weighted by Crippen LogP contribution is 2.32. The van der Waals surface area contributed by atoms with Crippen molar-refractivity contribution < 1.29 is 27.5 Å². The summed E-state index contributed by atoms with van der Waals surface area (Å²) >= 11 is 0. The van der Waals surface area contributed by atoms with Crippen molar-refractivity contribution in [2.24, 2.45) is 0 Å². The van der Waals surface area contributed by atoms with E-state index in [1.165, 1.54) is 29.2 Å². The summed E-state index contributed by atoms with van der Waals surface area (Å²) in [6.45, 7) is 3.16. The summed E-state index contributed by atoms with van der Waals surface area (Å²) in [7, 11) is 0. The van der Waals surface area contributed by atoms with Crippen LogP contribution in [0.15, 0.2) is 60.7 Å². The first-order chi connectivity index (χ1) is 17.3. The van der Waals surface area contributed by atoms with Crippen molar-refractivity contribution in [3.8, 4) is 5.88 Å². The van der Waals surface area contributed by atoms with Gasteiger partial charge in [0, 0.05) is 37.9 Å². The van der Waals surface area contributed by atoms with Crippen LogP contribution < -0.4 is 15.0 Å². The Morgan fingerprint density at radius 1 is 0.944 bits per heavy atom. The third kappa shape index (κ3) is 5.73. The molecule has 2 aromatic carbocycles. The van der Waals surface area contributed by atoms with Gasteiger partial charge in [-0.2, -0.15) is 13.2 Å². The van der Waals surface area contributed by atoms with E-state index in [2.05, 4.69) is 15.5 Å². The van der Waals surface area contributed by atoms with Gasteiger partial charge in [-0.05, 0) is 36.2 Å². The Labute approximate surface area is 205 Å². The molecular weight excluding hydrogens is 475 g/mol. The maximum Gasteiger partial charge on any atom is 0.418 e. The number of nitrogens with one attached hydrogen (secondary N) is 1. The minimum absolute atomic E-state index is 0.0165. The van der Waals surface area contributed by atoms with Gasteiger partial charge in [0.05, 0.1) is 11.1 Å². The standard InChI is InChI=1S/C25H24F3N5O3/c1-2-17-7-3-6-10-20(17)29-24(35)36-22-12-11-21(30-31-22)32-13-15-33(16-14-32)23(34)18-8-4-5-9-19(18)25(26,27)28/h3-12H,2,13-16H2,1H3,(H,29,35). The molecule has 8 nitrogen and oxygen atoms in total. The van der Waals surface area contributed by atoms with E-state index < -0.39 is 23.7 Å². The summed E-state index contributed by atoms with van der Waals surface area (Å²) in [6.07, 6.45) is -4.55. The molecule has 0 bridgehead atoms. The fourth-order valence-electron chi connectivity index (χ4n) is 3.94. The number of anilines is 2. The fraction of sp³-hybridized carbons (Fsp3) is 0.280. The number of carbonyl (C=O) groups excluding carboxylic acids is 2. The molecule has 0 aliphatic carbocycles. The number of hydrogen-bond acceptors (Lipinski definition) is 6. The van der Waals surface area contributed by atoms with Crippen LogP contribution in [0, 0.1) is 0 Å². The number of ether oxygens (including phenoxy) is 1. The van der Waals surface area contributed by atoms with Crippen LogP contribution in [0.1, 0.15) is 28.4 Å². The topological polar surface area (TPSA) is 87.7 Å². The number of rotatable bonds is 5. The van der Waals surface area contributed by atoms with Gasteiger partial charge < -0.3 is 14.5 Å². The second-order valence-electron chi connectivity index (χ2n) is 8.08. The van der Waals surface area contributed by atoms with E-state index in [0.717, 1.165) is 18.1 Å². The Kier molecular flexibility index (Phi) is 7.37. The molecule has 11 heteroatoms. The van der Waals surface area contributed by atoms with Crippen LogP contribution in [-0.4, -0.2) is 53.3 Å². The van der Waals surface area contributed by atoms with Gasteiger partial charge in [-0.15, -0.1) is 10.2 Å². The zero-order valence-corrected chi connectivity index (χ0v) is 19.5. The van der Waals surface area contributed by atoms with Crippen molar-refractivity contribution in [1.82, 2.24) is 15.1 Å². The Balaban J connectivity index is 1.33. The van der Waals surface area contributed by atoms with Crippen LogP contribution in [0.4, 0.5) is 29.5 Å². The molecular formula is C25H24F3N5O3. The number of halogens is 3. The lowest BCUT2D eigenvalue weighted by molar-refractivity contribution is -0.138. The molecule has 4 rings (SSSR count). The van der Waals surface area contributed by atoms with E-state index in [1.807, 2.05) is 30.0 Å². The Morgan fingerprint density at radius 2 is 1.64 bits per heavy atom. The van der Waals surface area contributed by atoms with Crippen LogP contribution in [-0.2, 0) is 12.6 Å². The first-order valence-electron chi connectivity index (χ1n) is 11.4. The molecule has 36 heavy (non-hydrogen) atoms. The summed E-state index contributed by atoms with van der Waals surface area (Å²) in [6, 6.07) is 15.3. The number of carbonyl (C=O) groups is 2. The monoisotopic (exact) mass is 499 g/mol. The second kappa shape index (κ2) is 10.6. The molecule has 1 N–H and O–H groups in total.